The monoisotopic (exact) mass is 263 g/mol. The fourth-order valence-electron chi connectivity index (χ4n) is 2.78. The molecule has 20 heavy (non-hydrogen) atoms. The summed E-state index contributed by atoms with van der Waals surface area (Å²) in [5, 5.41) is 10.0. The van der Waals surface area contributed by atoms with Crippen LogP contribution >= 0.6 is 0 Å². The van der Waals surface area contributed by atoms with E-state index in [1.807, 2.05) is 31.1 Å². The Labute approximate surface area is 120 Å². The molecule has 2 aromatic rings. The maximum atomic E-state index is 10.0. The standard InChI is InChI=1S/C17H18BNO/c1-18(20)19-13-16(14-8-4-2-5-9-14)12-17(19)15-10-6-3-7-11-15/h2-12,17,20H,13H2,1H3/t17-/m0/s1. The van der Waals surface area contributed by atoms with Gasteiger partial charge in [-0.05, 0) is 23.5 Å². The van der Waals surface area contributed by atoms with Crippen molar-refractivity contribution in [3.05, 3.63) is 77.9 Å². The molecule has 3 rings (SSSR count). The van der Waals surface area contributed by atoms with Gasteiger partial charge in [0.2, 0.25) is 0 Å². The van der Waals surface area contributed by atoms with Gasteiger partial charge >= 0.3 is 7.05 Å². The average Bonchev–Trinajstić information content (AvgIpc) is 2.94. The molecule has 0 bridgehead atoms. The van der Waals surface area contributed by atoms with Crippen molar-refractivity contribution < 1.29 is 5.02 Å². The van der Waals surface area contributed by atoms with Crippen molar-refractivity contribution in [3.63, 3.8) is 0 Å². The van der Waals surface area contributed by atoms with Crippen molar-refractivity contribution in [2.75, 3.05) is 6.54 Å². The minimum absolute atomic E-state index is 0.145. The van der Waals surface area contributed by atoms with Crippen molar-refractivity contribution in [2.24, 2.45) is 0 Å². The molecular weight excluding hydrogens is 245 g/mol. The predicted octanol–water partition coefficient (Wildman–Crippen LogP) is 3.24. The van der Waals surface area contributed by atoms with Crippen LogP contribution in [0.2, 0.25) is 6.82 Å². The number of hydrogen-bond donors (Lipinski definition) is 1. The minimum atomic E-state index is -0.460. The van der Waals surface area contributed by atoms with Crippen LogP contribution in [0.25, 0.3) is 5.57 Å². The molecule has 0 aliphatic carbocycles. The lowest BCUT2D eigenvalue weighted by Crippen LogP contribution is -2.37. The van der Waals surface area contributed by atoms with Gasteiger partial charge in [0.05, 0.1) is 0 Å². The number of nitrogens with zero attached hydrogens (tertiary/aromatic N) is 1. The highest BCUT2D eigenvalue weighted by Crippen LogP contribution is 2.34. The van der Waals surface area contributed by atoms with Crippen molar-refractivity contribution in [2.45, 2.75) is 12.9 Å². The molecule has 100 valence electrons. The van der Waals surface area contributed by atoms with Gasteiger partial charge < -0.3 is 9.83 Å². The van der Waals surface area contributed by atoms with Gasteiger partial charge in [-0.3, -0.25) is 0 Å². The Morgan fingerprint density at radius 2 is 1.60 bits per heavy atom. The molecule has 0 aromatic heterocycles. The average molecular weight is 263 g/mol. The lowest BCUT2D eigenvalue weighted by atomic mass is 9.83. The van der Waals surface area contributed by atoms with Gasteiger partial charge in [0.25, 0.3) is 0 Å². The first-order valence-corrected chi connectivity index (χ1v) is 7.00. The van der Waals surface area contributed by atoms with Crippen LogP contribution in [-0.4, -0.2) is 23.4 Å². The Balaban J connectivity index is 1.96. The summed E-state index contributed by atoms with van der Waals surface area (Å²) in [5.74, 6) is 0. The van der Waals surface area contributed by atoms with Gasteiger partial charge in [0.1, 0.15) is 0 Å². The summed E-state index contributed by atoms with van der Waals surface area (Å²) in [6, 6.07) is 20.9. The second-order valence-corrected chi connectivity index (χ2v) is 5.22. The van der Waals surface area contributed by atoms with Crippen LogP contribution in [0.15, 0.2) is 66.7 Å². The van der Waals surface area contributed by atoms with Crippen LogP contribution in [0.4, 0.5) is 0 Å². The second kappa shape index (κ2) is 5.65. The van der Waals surface area contributed by atoms with Crippen LogP contribution in [0.5, 0.6) is 0 Å². The summed E-state index contributed by atoms with van der Waals surface area (Å²) < 4.78 is 0. The molecule has 2 aromatic carbocycles. The van der Waals surface area contributed by atoms with Gasteiger partial charge in [0.15, 0.2) is 0 Å². The number of rotatable bonds is 3. The van der Waals surface area contributed by atoms with Crippen LogP contribution in [0, 0.1) is 0 Å². The van der Waals surface area contributed by atoms with E-state index in [1.165, 1.54) is 16.7 Å². The third-order valence-corrected chi connectivity index (χ3v) is 3.83. The van der Waals surface area contributed by atoms with Crippen molar-refractivity contribution in [1.82, 2.24) is 4.81 Å². The first-order chi connectivity index (χ1) is 9.75. The molecule has 0 amide bonds. The van der Waals surface area contributed by atoms with E-state index in [0.717, 1.165) is 6.54 Å². The summed E-state index contributed by atoms with van der Waals surface area (Å²) in [5.41, 5.74) is 3.73. The van der Waals surface area contributed by atoms with E-state index < -0.39 is 7.05 Å². The van der Waals surface area contributed by atoms with Gasteiger partial charge in [-0.15, -0.1) is 0 Å². The smallest absolute Gasteiger partial charge is 0.377 e. The maximum absolute atomic E-state index is 10.0. The van der Waals surface area contributed by atoms with E-state index in [0.29, 0.717) is 0 Å². The number of benzene rings is 2. The van der Waals surface area contributed by atoms with E-state index in [4.69, 9.17) is 0 Å². The van der Waals surface area contributed by atoms with E-state index in [2.05, 4.69) is 47.3 Å². The Hall–Kier alpha value is -1.84. The van der Waals surface area contributed by atoms with Gasteiger partial charge in [-0.25, -0.2) is 0 Å². The quantitative estimate of drug-likeness (QED) is 0.859. The Bertz CT molecular complexity index is 595. The van der Waals surface area contributed by atoms with E-state index in [-0.39, 0.29) is 6.04 Å². The summed E-state index contributed by atoms with van der Waals surface area (Å²) in [6.07, 6.45) is 2.26. The fraction of sp³-hybridized carbons (Fsp3) is 0.176. The van der Waals surface area contributed by atoms with Gasteiger partial charge in [-0.1, -0.05) is 66.7 Å². The molecule has 0 spiro atoms. The summed E-state index contributed by atoms with van der Waals surface area (Å²) >= 11 is 0. The van der Waals surface area contributed by atoms with Crippen LogP contribution in [0.3, 0.4) is 0 Å². The first kappa shape index (κ1) is 13.2. The summed E-state index contributed by atoms with van der Waals surface area (Å²) in [7, 11) is -0.460. The SMILES string of the molecule is CB(O)N1CC(c2ccccc2)=C[C@H]1c1ccccc1. The zero-order valence-corrected chi connectivity index (χ0v) is 11.6. The van der Waals surface area contributed by atoms with E-state index >= 15 is 0 Å². The molecule has 3 heteroatoms. The molecule has 2 nitrogen and oxygen atoms in total. The van der Waals surface area contributed by atoms with Crippen molar-refractivity contribution in [3.8, 4) is 0 Å². The normalized spacial score (nSPS) is 18.9. The molecule has 0 fully saturated rings. The molecule has 0 radical (unpaired) electrons. The largest absolute Gasteiger partial charge is 0.437 e. The lowest BCUT2D eigenvalue weighted by molar-refractivity contribution is 0.371. The third kappa shape index (κ3) is 2.55. The third-order valence-electron chi connectivity index (χ3n) is 3.83. The molecule has 1 aliphatic rings. The van der Waals surface area contributed by atoms with Gasteiger partial charge in [-0.2, -0.15) is 0 Å². The molecular formula is C17H18BNO. The molecule has 0 unspecified atom stereocenters. The molecule has 0 saturated carbocycles. The van der Waals surface area contributed by atoms with Crippen molar-refractivity contribution >= 4 is 12.6 Å². The van der Waals surface area contributed by atoms with Crippen molar-refractivity contribution in [1.29, 1.82) is 0 Å². The highest BCUT2D eigenvalue weighted by atomic mass is 16.2. The Kier molecular flexibility index (Phi) is 3.72. The lowest BCUT2D eigenvalue weighted by Gasteiger charge is -2.25. The molecule has 0 saturated heterocycles. The first-order valence-electron chi connectivity index (χ1n) is 7.00. The summed E-state index contributed by atoms with van der Waals surface area (Å²) in [6.45, 7) is 2.61. The van der Waals surface area contributed by atoms with E-state index in [1.54, 1.807) is 0 Å². The maximum Gasteiger partial charge on any atom is 0.377 e. The van der Waals surface area contributed by atoms with E-state index in [9.17, 15) is 5.02 Å². The predicted molar refractivity (Wildman–Crippen MR) is 84.1 cm³/mol. The minimum Gasteiger partial charge on any atom is -0.437 e. The molecule has 1 aliphatic heterocycles. The molecule has 1 N–H and O–H groups in total. The molecule has 1 heterocycles. The zero-order chi connectivity index (χ0) is 13.9. The number of hydrogen-bond acceptors (Lipinski definition) is 2. The van der Waals surface area contributed by atoms with Crippen LogP contribution in [0.1, 0.15) is 17.2 Å². The highest BCUT2D eigenvalue weighted by molar-refractivity contribution is 6.45. The summed E-state index contributed by atoms with van der Waals surface area (Å²) in [4.78, 5) is 2.11. The Morgan fingerprint density at radius 1 is 1.00 bits per heavy atom. The van der Waals surface area contributed by atoms with Crippen LogP contribution < -0.4 is 0 Å². The Morgan fingerprint density at radius 3 is 2.20 bits per heavy atom. The topological polar surface area (TPSA) is 23.5 Å². The van der Waals surface area contributed by atoms with Crippen LogP contribution in [-0.2, 0) is 0 Å². The van der Waals surface area contributed by atoms with Gasteiger partial charge in [0, 0.05) is 12.6 Å². The fourth-order valence-corrected chi connectivity index (χ4v) is 2.78. The zero-order valence-electron chi connectivity index (χ0n) is 11.6. The second-order valence-electron chi connectivity index (χ2n) is 5.22. The molecule has 1 atom stereocenters. The highest BCUT2D eigenvalue weighted by Gasteiger charge is 2.31.